The van der Waals surface area contributed by atoms with Crippen molar-refractivity contribution in [1.29, 1.82) is 0 Å². The van der Waals surface area contributed by atoms with Crippen molar-refractivity contribution in [2.45, 2.75) is 6.42 Å². The lowest BCUT2D eigenvalue weighted by molar-refractivity contribution is -0.120. The SMILES string of the molecule is CNC(=O)CCN(C)c1ccc(Cl)nn1. The maximum atomic E-state index is 11.0. The van der Waals surface area contributed by atoms with Crippen LogP contribution in [0, 0.1) is 0 Å². The quantitative estimate of drug-likeness (QED) is 0.825. The Morgan fingerprint density at radius 1 is 1.53 bits per heavy atom. The fraction of sp³-hybridized carbons (Fsp3) is 0.444. The molecule has 0 saturated carbocycles. The summed E-state index contributed by atoms with van der Waals surface area (Å²) < 4.78 is 0. The number of hydrogen-bond acceptors (Lipinski definition) is 4. The van der Waals surface area contributed by atoms with Crippen LogP contribution in [-0.4, -0.2) is 36.7 Å². The van der Waals surface area contributed by atoms with Crippen molar-refractivity contribution in [2.75, 3.05) is 25.5 Å². The highest BCUT2D eigenvalue weighted by molar-refractivity contribution is 6.29. The van der Waals surface area contributed by atoms with Gasteiger partial charge in [0.1, 0.15) is 0 Å². The molecular weight excluding hydrogens is 216 g/mol. The van der Waals surface area contributed by atoms with Crippen molar-refractivity contribution in [2.24, 2.45) is 0 Å². The number of amides is 1. The first kappa shape index (κ1) is 11.7. The second kappa shape index (κ2) is 5.50. The Labute approximate surface area is 93.4 Å². The van der Waals surface area contributed by atoms with E-state index in [1.807, 2.05) is 11.9 Å². The molecule has 15 heavy (non-hydrogen) atoms. The van der Waals surface area contributed by atoms with Gasteiger partial charge in [0.05, 0.1) is 0 Å². The number of carbonyl (C=O) groups is 1. The summed E-state index contributed by atoms with van der Waals surface area (Å²) in [6, 6.07) is 3.43. The Hall–Kier alpha value is -1.36. The van der Waals surface area contributed by atoms with Gasteiger partial charge in [-0.05, 0) is 12.1 Å². The largest absolute Gasteiger partial charge is 0.359 e. The van der Waals surface area contributed by atoms with Gasteiger partial charge in [-0.25, -0.2) is 0 Å². The maximum Gasteiger partial charge on any atom is 0.221 e. The smallest absolute Gasteiger partial charge is 0.221 e. The minimum Gasteiger partial charge on any atom is -0.359 e. The summed E-state index contributed by atoms with van der Waals surface area (Å²) >= 11 is 5.61. The number of rotatable bonds is 4. The number of carbonyl (C=O) groups excluding carboxylic acids is 1. The lowest BCUT2D eigenvalue weighted by Crippen LogP contribution is -2.26. The van der Waals surface area contributed by atoms with Gasteiger partial charge in [0.15, 0.2) is 11.0 Å². The van der Waals surface area contributed by atoms with Crippen LogP contribution in [0.3, 0.4) is 0 Å². The van der Waals surface area contributed by atoms with E-state index in [-0.39, 0.29) is 5.91 Å². The van der Waals surface area contributed by atoms with Crippen LogP contribution in [0.25, 0.3) is 0 Å². The molecule has 0 aromatic carbocycles. The summed E-state index contributed by atoms with van der Waals surface area (Å²) in [6.45, 7) is 0.593. The molecule has 0 saturated heterocycles. The first-order valence-corrected chi connectivity index (χ1v) is 4.92. The van der Waals surface area contributed by atoms with Gasteiger partial charge in [-0.3, -0.25) is 4.79 Å². The lowest BCUT2D eigenvalue weighted by atomic mass is 10.3. The van der Waals surface area contributed by atoms with E-state index in [0.29, 0.717) is 23.9 Å². The molecule has 1 aromatic heterocycles. The van der Waals surface area contributed by atoms with Crippen molar-refractivity contribution in [3.05, 3.63) is 17.3 Å². The number of anilines is 1. The van der Waals surface area contributed by atoms with Crippen LogP contribution in [0.4, 0.5) is 5.82 Å². The summed E-state index contributed by atoms with van der Waals surface area (Å²) in [7, 11) is 3.46. The van der Waals surface area contributed by atoms with Crippen LogP contribution in [0.1, 0.15) is 6.42 Å². The van der Waals surface area contributed by atoms with Crippen LogP contribution in [0.2, 0.25) is 5.15 Å². The fourth-order valence-corrected chi connectivity index (χ4v) is 1.12. The normalized spacial score (nSPS) is 9.80. The molecular formula is C9H13ClN4O. The molecule has 1 amide bonds. The predicted molar refractivity (Wildman–Crippen MR) is 59.0 cm³/mol. The summed E-state index contributed by atoms with van der Waals surface area (Å²) in [5, 5.41) is 10.5. The van der Waals surface area contributed by atoms with E-state index in [0.717, 1.165) is 0 Å². The Bertz CT molecular complexity index is 327. The van der Waals surface area contributed by atoms with Gasteiger partial charge in [-0.15, -0.1) is 10.2 Å². The highest BCUT2D eigenvalue weighted by Gasteiger charge is 2.05. The van der Waals surface area contributed by atoms with Gasteiger partial charge in [-0.2, -0.15) is 0 Å². The molecule has 5 nitrogen and oxygen atoms in total. The van der Waals surface area contributed by atoms with E-state index in [4.69, 9.17) is 11.6 Å². The van der Waals surface area contributed by atoms with Gasteiger partial charge in [-0.1, -0.05) is 11.6 Å². The Balaban J connectivity index is 2.50. The van der Waals surface area contributed by atoms with Gasteiger partial charge < -0.3 is 10.2 Å². The van der Waals surface area contributed by atoms with Crippen molar-refractivity contribution in [3.8, 4) is 0 Å². The predicted octanol–water partition coefficient (Wildman–Crippen LogP) is 0.702. The zero-order chi connectivity index (χ0) is 11.3. The van der Waals surface area contributed by atoms with E-state index < -0.39 is 0 Å². The molecule has 0 atom stereocenters. The van der Waals surface area contributed by atoms with E-state index in [9.17, 15) is 4.79 Å². The van der Waals surface area contributed by atoms with Crippen molar-refractivity contribution in [3.63, 3.8) is 0 Å². The lowest BCUT2D eigenvalue weighted by Gasteiger charge is -2.16. The third-order valence-electron chi connectivity index (χ3n) is 1.96. The minimum atomic E-state index is 0.00349. The van der Waals surface area contributed by atoms with Crippen LogP contribution in [0.5, 0.6) is 0 Å². The summed E-state index contributed by atoms with van der Waals surface area (Å²) in [5.41, 5.74) is 0. The van der Waals surface area contributed by atoms with E-state index >= 15 is 0 Å². The molecule has 0 aliphatic heterocycles. The number of nitrogens with zero attached hydrogens (tertiary/aromatic N) is 3. The average molecular weight is 229 g/mol. The standard InChI is InChI=1S/C9H13ClN4O/c1-11-9(15)5-6-14(2)8-4-3-7(10)12-13-8/h3-4H,5-6H2,1-2H3,(H,11,15). The van der Waals surface area contributed by atoms with Gasteiger partial charge in [0, 0.05) is 27.1 Å². The molecule has 0 spiro atoms. The van der Waals surface area contributed by atoms with Crippen LogP contribution in [-0.2, 0) is 4.79 Å². The van der Waals surface area contributed by atoms with Crippen LogP contribution < -0.4 is 10.2 Å². The van der Waals surface area contributed by atoms with Crippen LogP contribution >= 0.6 is 11.6 Å². The molecule has 0 unspecified atom stereocenters. The zero-order valence-electron chi connectivity index (χ0n) is 8.70. The maximum absolute atomic E-state index is 11.0. The number of aromatic nitrogens is 2. The van der Waals surface area contributed by atoms with Gasteiger partial charge >= 0.3 is 0 Å². The van der Waals surface area contributed by atoms with Crippen molar-refractivity contribution in [1.82, 2.24) is 15.5 Å². The molecule has 1 heterocycles. The van der Waals surface area contributed by atoms with E-state index in [2.05, 4.69) is 15.5 Å². The van der Waals surface area contributed by atoms with Crippen molar-refractivity contribution < 1.29 is 4.79 Å². The van der Waals surface area contributed by atoms with Gasteiger partial charge in [0.2, 0.25) is 5.91 Å². The van der Waals surface area contributed by atoms with E-state index in [1.165, 1.54) is 0 Å². The Morgan fingerprint density at radius 2 is 2.27 bits per heavy atom. The highest BCUT2D eigenvalue weighted by Crippen LogP contribution is 2.10. The molecule has 0 aliphatic carbocycles. The molecule has 1 N–H and O–H groups in total. The second-order valence-electron chi connectivity index (χ2n) is 3.06. The third-order valence-corrected chi connectivity index (χ3v) is 2.16. The molecule has 1 rings (SSSR count). The topological polar surface area (TPSA) is 58.1 Å². The number of hydrogen-bond donors (Lipinski definition) is 1. The Morgan fingerprint density at radius 3 is 2.80 bits per heavy atom. The molecule has 0 fully saturated rings. The summed E-state index contributed by atoms with van der Waals surface area (Å²) in [5.74, 6) is 0.701. The molecule has 0 aliphatic rings. The highest BCUT2D eigenvalue weighted by atomic mass is 35.5. The number of nitrogens with one attached hydrogen (secondary N) is 1. The molecule has 82 valence electrons. The number of halogens is 1. The first-order valence-electron chi connectivity index (χ1n) is 4.54. The minimum absolute atomic E-state index is 0.00349. The van der Waals surface area contributed by atoms with Crippen LogP contribution in [0.15, 0.2) is 12.1 Å². The second-order valence-corrected chi connectivity index (χ2v) is 3.45. The summed E-state index contributed by atoms with van der Waals surface area (Å²) in [4.78, 5) is 12.9. The summed E-state index contributed by atoms with van der Waals surface area (Å²) in [6.07, 6.45) is 0.428. The monoisotopic (exact) mass is 228 g/mol. The zero-order valence-corrected chi connectivity index (χ0v) is 9.45. The molecule has 6 heteroatoms. The van der Waals surface area contributed by atoms with E-state index in [1.54, 1.807) is 19.2 Å². The molecule has 0 bridgehead atoms. The van der Waals surface area contributed by atoms with Crippen molar-refractivity contribution >= 4 is 23.3 Å². The van der Waals surface area contributed by atoms with Gasteiger partial charge in [0.25, 0.3) is 0 Å². The molecule has 1 aromatic rings. The first-order chi connectivity index (χ1) is 7.13. The Kier molecular flexibility index (Phi) is 4.30. The molecule has 0 radical (unpaired) electrons. The third kappa shape index (κ3) is 3.71. The average Bonchev–Trinajstić information content (AvgIpc) is 2.26. The fourth-order valence-electron chi connectivity index (χ4n) is 1.02.